The minimum absolute atomic E-state index is 0.0280. The highest BCUT2D eigenvalue weighted by Gasteiger charge is 2.16. The summed E-state index contributed by atoms with van der Waals surface area (Å²) in [6.07, 6.45) is 1.38. The molecular formula is C17H13Cl2NO5. The van der Waals surface area contributed by atoms with Crippen LogP contribution < -0.4 is 9.47 Å². The predicted molar refractivity (Wildman–Crippen MR) is 95.1 cm³/mol. The molecule has 130 valence electrons. The molecule has 8 heteroatoms. The fourth-order valence-electron chi connectivity index (χ4n) is 1.96. The molecule has 2 aromatic rings. The summed E-state index contributed by atoms with van der Waals surface area (Å²) in [5.41, 5.74) is 0.663. The predicted octanol–water partition coefficient (Wildman–Crippen LogP) is 4.86. The third-order valence-electron chi connectivity index (χ3n) is 3.20. The Hall–Kier alpha value is -2.57. The summed E-state index contributed by atoms with van der Waals surface area (Å²) in [7, 11) is 1.40. The van der Waals surface area contributed by atoms with Gasteiger partial charge in [-0.1, -0.05) is 29.3 Å². The van der Waals surface area contributed by atoms with Crippen molar-refractivity contribution in [1.82, 2.24) is 0 Å². The number of carbonyl (C=O) groups excluding carboxylic acids is 1. The molecule has 0 amide bonds. The number of rotatable bonds is 5. The lowest BCUT2D eigenvalue weighted by Gasteiger charge is -2.10. The van der Waals surface area contributed by atoms with Crippen LogP contribution in [0, 0.1) is 10.1 Å². The summed E-state index contributed by atoms with van der Waals surface area (Å²) in [4.78, 5) is 22.5. The van der Waals surface area contributed by atoms with Crippen molar-refractivity contribution in [2.75, 3.05) is 7.11 Å². The first-order valence-electron chi connectivity index (χ1n) is 6.99. The van der Waals surface area contributed by atoms with Crippen LogP contribution in [0.15, 0.2) is 42.1 Å². The highest BCUT2D eigenvalue weighted by molar-refractivity contribution is 6.36. The molecule has 0 heterocycles. The summed E-state index contributed by atoms with van der Waals surface area (Å²) in [5, 5.41) is 11.3. The molecule has 0 N–H and O–H groups in total. The van der Waals surface area contributed by atoms with Crippen LogP contribution in [-0.2, 0) is 0 Å². The maximum atomic E-state index is 12.3. The van der Waals surface area contributed by atoms with Crippen molar-refractivity contribution >= 4 is 35.2 Å². The number of esters is 1. The molecule has 2 aromatic carbocycles. The fourth-order valence-corrected chi connectivity index (χ4v) is 2.45. The van der Waals surface area contributed by atoms with Gasteiger partial charge in [0, 0.05) is 18.0 Å². The average molecular weight is 382 g/mol. The van der Waals surface area contributed by atoms with E-state index in [1.165, 1.54) is 50.4 Å². The van der Waals surface area contributed by atoms with Crippen LogP contribution in [0.5, 0.6) is 11.5 Å². The summed E-state index contributed by atoms with van der Waals surface area (Å²) in [5.74, 6) is -0.262. The highest BCUT2D eigenvalue weighted by atomic mass is 35.5. The molecule has 0 bridgehead atoms. The lowest BCUT2D eigenvalue weighted by Crippen LogP contribution is -2.10. The van der Waals surface area contributed by atoms with Crippen molar-refractivity contribution in [2.24, 2.45) is 0 Å². The van der Waals surface area contributed by atoms with E-state index in [0.29, 0.717) is 10.6 Å². The number of nitro groups is 1. The van der Waals surface area contributed by atoms with Gasteiger partial charge in [-0.2, -0.15) is 0 Å². The average Bonchev–Trinajstić information content (AvgIpc) is 2.55. The van der Waals surface area contributed by atoms with Crippen LogP contribution in [0.1, 0.15) is 22.8 Å². The van der Waals surface area contributed by atoms with Gasteiger partial charge in [0.2, 0.25) is 5.70 Å². The van der Waals surface area contributed by atoms with Crippen molar-refractivity contribution in [2.45, 2.75) is 6.92 Å². The standard InChI is InChI=1S/C17H13Cl2NO5/c1-10(20(22)23)7-11-3-6-15(16(8-11)24-2)25-17(21)13-5-4-12(18)9-14(13)19/h3-9H,1-2H3/b10-7-. The van der Waals surface area contributed by atoms with Gasteiger partial charge in [-0.15, -0.1) is 0 Å². The number of benzene rings is 2. The molecule has 6 nitrogen and oxygen atoms in total. The molecule has 25 heavy (non-hydrogen) atoms. The van der Waals surface area contributed by atoms with E-state index in [1.54, 1.807) is 6.07 Å². The summed E-state index contributed by atoms with van der Waals surface area (Å²) in [6, 6.07) is 9.00. The van der Waals surface area contributed by atoms with Gasteiger partial charge in [0.1, 0.15) is 0 Å². The Labute approximate surface area is 153 Å². The van der Waals surface area contributed by atoms with Crippen LogP contribution in [0.25, 0.3) is 6.08 Å². The number of hydrogen-bond donors (Lipinski definition) is 0. The van der Waals surface area contributed by atoms with E-state index < -0.39 is 10.9 Å². The normalized spacial score (nSPS) is 11.1. The minimum atomic E-state index is -0.676. The van der Waals surface area contributed by atoms with Gasteiger partial charge in [-0.25, -0.2) is 4.79 Å². The van der Waals surface area contributed by atoms with E-state index in [9.17, 15) is 14.9 Å². The van der Waals surface area contributed by atoms with Crippen molar-refractivity contribution in [1.29, 1.82) is 0 Å². The van der Waals surface area contributed by atoms with E-state index in [2.05, 4.69) is 0 Å². The van der Waals surface area contributed by atoms with Crippen LogP contribution in [0.4, 0.5) is 0 Å². The Bertz CT molecular complexity index is 864. The van der Waals surface area contributed by atoms with Crippen LogP contribution >= 0.6 is 23.2 Å². The molecule has 0 spiro atoms. The second-order valence-corrected chi connectivity index (χ2v) is 5.81. The number of carbonyl (C=O) groups is 1. The van der Waals surface area contributed by atoms with E-state index >= 15 is 0 Å². The maximum absolute atomic E-state index is 12.3. The SMILES string of the molecule is COc1cc(/C=C(/C)[N+](=O)[O-])ccc1OC(=O)c1ccc(Cl)cc1Cl. The Balaban J connectivity index is 2.29. The van der Waals surface area contributed by atoms with Gasteiger partial charge in [-0.3, -0.25) is 10.1 Å². The van der Waals surface area contributed by atoms with Gasteiger partial charge < -0.3 is 9.47 Å². The van der Waals surface area contributed by atoms with Crippen molar-refractivity contribution < 1.29 is 19.2 Å². The lowest BCUT2D eigenvalue weighted by atomic mass is 10.1. The van der Waals surface area contributed by atoms with Gasteiger partial charge in [0.15, 0.2) is 11.5 Å². The van der Waals surface area contributed by atoms with Crippen molar-refractivity contribution in [3.05, 3.63) is 73.4 Å². The van der Waals surface area contributed by atoms with Crippen molar-refractivity contribution in [3.8, 4) is 11.5 Å². The molecule has 0 saturated heterocycles. The maximum Gasteiger partial charge on any atom is 0.345 e. The second kappa shape index (κ2) is 8.00. The summed E-state index contributed by atoms with van der Waals surface area (Å²) in [6.45, 7) is 1.38. The van der Waals surface area contributed by atoms with E-state index in [1.807, 2.05) is 0 Å². The van der Waals surface area contributed by atoms with E-state index in [4.69, 9.17) is 32.7 Å². The highest BCUT2D eigenvalue weighted by Crippen LogP contribution is 2.31. The third kappa shape index (κ3) is 4.71. The fraction of sp³-hybridized carbons (Fsp3) is 0.118. The Morgan fingerprint density at radius 2 is 1.88 bits per heavy atom. The number of ether oxygens (including phenoxy) is 2. The molecule has 0 atom stereocenters. The molecule has 0 unspecified atom stereocenters. The van der Waals surface area contributed by atoms with Gasteiger partial charge in [0.25, 0.3) is 0 Å². The van der Waals surface area contributed by atoms with E-state index in [-0.39, 0.29) is 27.8 Å². The van der Waals surface area contributed by atoms with Crippen LogP contribution in [0.3, 0.4) is 0 Å². The summed E-state index contributed by atoms with van der Waals surface area (Å²) >= 11 is 11.8. The van der Waals surface area contributed by atoms with Crippen molar-refractivity contribution in [3.63, 3.8) is 0 Å². The number of nitrogens with zero attached hydrogens (tertiary/aromatic N) is 1. The molecule has 0 aliphatic rings. The van der Waals surface area contributed by atoms with E-state index in [0.717, 1.165) is 0 Å². The first-order chi connectivity index (χ1) is 11.8. The van der Waals surface area contributed by atoms with Gasteiger partial charge >= 0.3 is 5.97 Å². The van der Waals surface area contributed by atoms with Gasteiger partial charge in [0.05, 0.1) is 22.6 Å². The number of hydrogen-bond acceptors (Lipinski definition) is 5. The first kappa shape index (κ1) is 18.8. The van der Waals surface area contributed by atoms with Crippen LogP contribution in [0.2, 0.25) is 10.0 Å². The Morgan fingerprint density at radius 3 is 2.48 bits per heavy atom. The summed E-state index contributed by atoms with van der Waals surface area (Å²) < 4.78 is 10.5. The molecular weight excluding hydrogens is 369 g/mol. The number of allylic oxidation sites excluding steroid dienone is 1. The largest absolute Gasteiger partial charge is 0.493 e. The van der Waals surface area contributed by atoms with Crippen LogP contribution in [-0.4, -0.2) is 18.0 Å². The smallest absolute Gasteiger partial charge is 0.345 e. The van der Waals surface area contributed by atoms with Gasteiger partial charge in [-0.05, 0) is 35.9 Å². The topological polar surface area (TPSA) is 78.7 Å². The lowest BCUT2D eigenvalue weighted by molar-refractivity contribution is -0.422. The quantitative estimate of drug-likeness (QED) is 0.319. The first-order valence-corrected chi connectivity index (χ1v) is 7.75. The molecule has 0 aliphatic carbocycles. The third-order valence-corrected chi connectivity index (χ3v) is 3.75. The second-order valence-electron chi connectivity index (χ2n) is 4.97. The zero-order chi connectivity index (χ0) is 18.6. The zero-order valence-corrected chi connectivity index (χ0v) is 14.8. The molecule has 0 radical (unpaired) electrons. The Morgan fingerprint density at radius 1 is 1.16 bits per heavy atom. The monoisotopic (exact) mass is 381 g/mol. The molecule has 0 aliphatic heterocycles. The Kier molecular flexibility index (Phi) is 6.01. The molecule has 0 fully saturated rings. The minimum Gasteiger partial charge on any atom is -0.493 e. The molecule has 0 saturated carbocycles. The zero-order valence-electron chi connectivity index (χ0n) is 13.3. The number of halogens is 2. The molecule has 2 rings (SSSR count). The number of methoxy groups -OCH3 is 1. The molecule has 0 aromatic heterocycles.